The Morgan fingerprint density at radius 3 is 3.00 bits per heavy atom. The summed E-state index contributed by atoms with van der Waals surface area (Å²) in [6.45, 7) is 1.71. The Hall–Kier alpha value is -1.50. The van der Waals surface area contributed by atoms with E-state index in [0.717, 1.165) is 4.88 Å². The first-order chi connectivity index (χ1) is 7.63. The summed E-state index contributed by atoms with van der Waals surface area (Å²) in [6.07, 6.45) is 1.58. The molecule has 0 fully saturated rings. The van der Waals surface area contributed by atoms with Crippen LogP contribution in [0.25, 0.3) is 0 Å². The molecule has 16 heavy (non-hydrogen) atoms. The highest BCUT2D eigenvalue weighted by molar-refractivity contribution is 7.09. The summed E-state index contributed by atoms with van der Waals surface area (Å²) < 4.78 is 4.77. The van der Waals surface area contributed by atoms with Crippen LogP contribution in [0.15, 0.2) is 11.7 Å². The number of nitrogens with zero attached hydrogens (tertiary/aromatic N) is 2. The van der Waals surface area contributed by atoms with Crippen molar-refractivity contribution in [2.45, 2.75) is 19.3 Å². The minimum absolute atomic E-state index is 0.0248. The van der Waals surface area contributed by atoms with Crippen LogP contribution in [0.3, 0.4) is 0 Å². The SMILES string of the molecule is CCOC(=O)C[C@H](C[N+](=O)[O-])c1cncs1. The van der Waals surface area contributed by atoms with Crippen LogP contribution in [0.4, 0.5) is 0 Å². The maximum absolute atomic E-state index is 11.3. The third-order valence-electron chi connectivity index (χ3n) is 1.94. The Bertz CT molecular complexity index is 352. The second-order valence-corrected chi connectivity index (χ2v) is 4.04. The summed E-state index contributed by atoms with van der Waals surface area (Å²) in [5, 5.41) is 10.5. The highest BCUT2D eigenvalue weighted by Crippen LogP contribution is 2.23. The molecule has 0 bridgehead atoms. The van der Waals surface area contributed by atoms with Gasteiger partial charge >= 0.3 is 5.97 Å². The molecule has 0 aliphatic carbocycles. The fraction of sp³-hybridized carbons (Fsp3) is 0.556. The van der Waals surface area contributed by atoms with Crippen molar-refractivity contribution in [3.05, 3.63) is 26.7 Å². The molecule has 1 aromatic heterocycles. The van der Waals surface area contributed by atoms with Crippen molar-refractivity contribution < 1.29 is 14.5 Å². The molecule has 0 aromatic carbocycles. The van der Waals surface area contributed by atoms with Crippen molar-refractivity contribution in [3.8, 4) is 0 Å². The van der Waals surface area contributed by atoms with Gasteiger partial charge in [0.15, 0.2) is 0 Å². The van der Waals surface area contributed by atoms with E-state index in [4.69, 9.17) is 4.74 Å². The van der Waals surface area contributed by atoms with Gasteiger partial charge in [-0.2, -0.15) is 0 Å². The van der Waals surface area contributed by atoms with Crippen LogP contribution in [-0.2, 0) is 9.53 Å². The average molecular weight is 244 g/mol. The van der Waals surface area contributed by atoms with Gasteiger partial charge in [0.1, 0.15) is 0 Å². The lowest BCUT2D eigenvalue weighted by atomic mass is 10.0. The zero-order chi connectivity index (χ0) is 12.0. The molecule has 7 heteroatoms. The van der Waals surface area contributed by atoms with Gasteiger partial charge in [0.2, 0.25) is 6.54 Å². The largest absolute Gasteiger partial charge is 0.466 e. The summed E-state index contributed by atoms with van der Waals surface area (Å²) in [5.74, 6) is -0.857. The van der Waals surface area contributed by atoms with E-state index in [-0.39, 0.29) is 19.6 Å². The number of ether oxygens (including phenoxy) is 1. The summed E-state index contributed by atoms with van der Waals surface area (Å²) in [7, 11) is 0. The van der Waals surface area contributed by atoms with Crippen LogP contribution in [0, 0.1) is 10.1 Å². The van der Waals surface area contributed by atoms with Crippen molar-refractivity contribution in [1.29, 1.82) is 0 Å². The first-order valence-corrected chi connectivity index (χ1v) is 5.67. The molecule has 6 nitrogen and oxygen atoms in total. The molecule has 1 heterocycles. The quantitative estimate of drug-likeness (QED) is 0.430. The van der Waals surface area contributed by atoms with Gasteiger partial charge < -0.3 is 4.74 Å². The van der Waals surface area contributed by atoms with Crippen molar-refractivity contribution in [3.63, 3.8) is 0 Å². The highest BCUT2D eigenvalue weighted by atomic mass is 32.1. The van der Waals surface area contributed by atoms with Gasteiger partial charge in [-0.25, -0.2) is 0 Å². The maximum atomic E-state index is 11.3. The molecular formula is C9H12N2O4S. The Morgan fingerprint density at radius 1 is 1.75 bits per heavy atom. The zero-order valence-electron chi connectivity index (χ0n) is 8.79. The molecule has 0 aliphatic rings. The molecule has 0 spiro atoms. The second kappa shape index (κ2) is 6.16. The number of hydrogen-bond acceptors (Lipinski definition) is 6. The number of thiazole rings is 1. The van der Waals surface area contributed by atoms with Gasteiger partial charge in [0.25, 0.3) is 0 Å². The Kier molecular flexibility index (Phi) is 4.84. The number of esters is 1. The average Bonchev–Trinajstić information content (AvgIpc) is 2.68. The van der Waals surface area contributed by atoms with E-state index in [9.17, 15) is 14.9 Å². The standard InChI is InChI=1S/C9H12N2O4S/c1-2-15-9(12)3-7(5-11(13)14)8-4-10-6-16-8/h4,6-7H,2-3,5H2,1H3/t7-/m1/s1. The molecular weight excluding hydrogens is 232 g/mol. The summed E-state index contributed by atoms with van der Waals surface area (Å²) >= 11 is 1.31. The fourth-order valence-electron chi connectivity index (χ4n) is 1.28. The third kappa shape index (κ3) is 3.93. The third-order valence-corrected chi connectivity index (χ3v) is 2.88. The van der Waals surface area contributed by atoms with E-state index >= 15 is 0 Å². The van der Waals surface area contributed by atoms with Gasteiger partial charge in [-0.3, -0.25) is 19.9 Å². The van der Waals surface area contributed by atoms with Gasteiger partial charge in [0, 0.05) is 16.0 Å². The first kappa shape index (κ1) is 12.6. The number of rotatable bonds is 6. The topological polar surface area (TPSA) is 82.3 Å². The molecule has 1 aromatic rings. The van der Waals surface area contributed by atoms with Crippen LogP contribution >= 0.6 is 11.3 Å². The number of aromatic nitrogens is 1. The Balaban J connectivity index is 2.65. The lowest BCUT2D eigenvalue weighted by Crippen LogP contribution is -2.17. The number of nitro groups is 1. The maximum Gasteiger partial charge on any atom is 0.306 e. The highest BCUT2D eigenvalue weighted by Gasteiger charge is 2.23. The molecule has 88 valence electrons. The molecule has 1 atom stereocenters. The van der Waals surface area contributed by atoms with Crippen LogP contribution in [-0.4, -0.2) is 29.0 Å². The van der Waals surface area contributed by atoms with E-state index in [2.05, 4.69) is 4.98 Å². The fourth-order valence-corrected chi connectivity index (χ4v) is 2.00. The van der Waals surface area contributed by atoms with Crippen molar-refractivity contribution in [1.82, 2.24) is 4.98 Å². The number of carbonyl (C=O) groups excluding carboxylic acids is 1. The predicted octanol–water partition coefficient (Wildman–Crippen LogP) is 1.46. The molecule has 0 radical (unpaired) electrons. The van der Waals surface area contributed by atoms with Crippen LogP contribution < -0.4 is 0 Å². The minimum atomic E-state index is -0.443. The second-order valence-electron chi connectivity index (χ2n) is 3.13. The molecule has 0 saturated heterocycles. The van der Waals surface area contributed by atoms with Crippen LogP contribution in [0.1, 0.15) is 24.1 Å². The van der Waals surface area contributed by atoms with Crippen LogP contribution in [0.5, 0.6) is 0 Å². The van der Waals surface area contributed by atoms with Gasteiger partial charge in [-0.15, -0.1) is 11.3 Å². The molecule has 1 rings (SSSR count). The van der Waals surface area contributed by atoms with Crippen LogP contribution in [0.2, 0.25) is 0 Å². The normalized spacial score (nSPS) is 12.1. The van der Waals surface area contributed by atoms with E-state index in [1.807, 2.05) is 0 Å². The summed E-state index contributed by atoms with van der Waals surface area (Å²) in [6, 6.07) is 0. The predicted molar refractivity (Wildman–Crippen MR) is 58.0 cm³/mol. The lowest BCUT2D eigenvalue weighted by Gasteiger charge is -2.09. The Morgan fingerprint density at radius 2 is 2.50 bits per heavy atom. The monoisotopic (exact) mass is 244 g/mol. The van der Waals surface area contributed by atoms with E-state index in [1.54, 1.807) is 18.6 Å². The summed E-state index contributed by atoms with van der Waals surface area (Å²) in [5.41, 5.74) is 1.59. The minimum Gasteiger partial charge on any atom is -0.466 e. The Labute approximate surface area is 96.4 Å². The summed E-state index contributed by atoms with van der Waals surface area (Å²) in [4.78, 5) is 25.9. The van der Waals surface area contributed by atoms with Crippen molar-refractivity contribution in [2.24, 2.45) is 0 Å². The van der Waals surface area contributed by atoms with E-state index in [0.29, 0.717) is 0 Å². The van der Waals surface area contributed by atoms with Crippen molar-refractivity contribution in [2.75, 3.05) is 13.2 Å². The first-order valence-electron chi connectivity index (χ1n) is 4.79. The number of hydrogen-bond donors (Lipinski definition) is 0. The molecule has 0 N–H and O–H groups in total. The van der Waals surface area contributed by atoms with E-state index in [1.165, 1.54) is 11.3 Å². The van der Waals surface area contributed by atoms with Gasteiger partial charge in [-0.05, 0) is 6.92 Å². The van der Waals surface area contributed by atoms with E-state index < -0.39 is 16.8 Å². The molecule has 0 aliphatic heterocycles. The zero-order valence-corrected chi connectivity index (χ0v) is 9.61. The van der Waals surface area contributed by atoms with Crippen molar-refractivity contribution >= 4 is 17.3 Å². The molecule has 0 saturated carbocycles. The number of carbonyl (C=O) groups is 1. The smallest absolute Gasteiger partial charge is 0.306 e. The van der Waals surface area contributed by atoms with Gasteiger partial charge in [0.05, 0.1) is 24.5 Å². The molecule has 0 amide bonds. The molecule has 0 unspecified atom stereocenters. The lowest BCUT2D eigenvalue weighted by molar-refractivity contribution is -0.483. The van der Waals surface area contributed by atoms with Gasteiger partial charge in [-0.1, -0.05) is 0 Å².